The van der Waals surface area contributed by atoms with E-state index >= 15 is 0 Å². The molecular formula is C25H27ClN2O5S. The number of nitrogens with one attached hydrogen (secondary N) is 2. The molecule has 0 bridgehead atoms. The van der Waals surface area contributed by atoms with Gasteiger partial charge in [0.15, 0.2) is 0 Å². The number of methoxy groups -OCH3 is 2. The van der Waals surface area contributed by atoms with E-state index in [1.807, 2.05) is 49.4 Å². The van der Waals surface area contributed by atoms with Crippen molar-refractivity contribution < 1.29 is 22.7 Å². The molecule has 3 aromatic carbocycles. The molecule has 0 aliphatic heterocycles. The van der Waals surface area contributed by atoms with Crippen LogP contribution in [0.2, 0.25) is 5.02 Å². The maximum atomic E-state index is 13.2. The maximum Gasteiger partial charge on any atom is 0.241 e. The maximum absolute atomic E-state index is 13.2. The molecule has 0 spiro atoms. The number of halogens is 1. The summed E-state index contributed by atoms with van der Waals surface area (Å²) in [6, 6.07) is 19.2. The normalized spacial score (nSPS) is 13.1. The van der Waals surface area contributed by atoms with Crippen molar-refractivity contribution in [1.29, 1.82) is 0 Å². The van der Waals surface area contributed by atoms with Gasteiger partial charge < -0.3 is 14.8 Å². The van der Waals surface area contributed by atoms with Crippen molar-refractivity contribution in [2.24, 2.45) is 0 Å². The quantitative estimate of drug-likeness (QED) is 0.435. The van der Waals surface area contributed by atoms with Gasteiger partial charge in [0.1, 0.15) is 17.5 Å². The molecule has 0 aromatic heterocycles. The van der Waals surface area contributed by atoms with Crippen LogP contribution in [0.3, 0.4) is 0 Å². The minimum absolute atomic E-state index is 0.0626. The van der Waals surface area contributed by atoms with Gasteiger partial charge in [0.2, 0.25) is 15.9 Å². The third kappa shape index (κ3) is 6.50. The Labute approximate surface area is 205 Å². The van der Waals surface area contributed by atoms with Crippen LogP contribution in [0, 0.1) is 0 Å². The smallest absolute Gasteiger partial charge is 0.241 e. The lowest BCUT2D eigenvalue weighted by atomic mass is 10.0. The van der Waals surface area contributed by atoms with Crippen LogP contribution in [0.4, 0.5) is 0 Å². The van der Waals surface area contributed by atoms with Crippen molar-refractivity contribution in [3.63, 3.8) is 0 Å². The van der Waals surface area contributed by atoms with Crippen LogP contribution >= 0.6 is 11.6 Å². The molecule has 2 unspecified atom stereocenters. The predicted molar refractivity (Wildman–Crippen MR) is 132 cm³/mol. The summed E-state index contributed by atoms with van der Waals surface area (Å²) in [6.07, 6.45) is 0.172. The second kappa shape index (κ2) is 11.4. The molecule has 0 saturated heterocycles. The number of benzene rings is 3. The first-order valence-corrected chi connectivity index (χ1v) is 12.4. The molecular weight excluding hydrogens is 476 g/mol. The largest absolute Gasteiger partial charge is 0.497 e. The zero-order chi connectivity index (χ0) is 24.7. The highest BCUT2D eigenvalue weighted by atomic mass is 35.5. The van der Waals surface area contributed by atoms with Crippen molar-refractivity contribution in [3.8, 4) is 11.5 Å². The van der Waals surface area contributed by atoms with E-state index in [1.165, 1.54) is 25.3 Å². The van der Waals surface area contributed by atoms with E-state index in [2.05, 4.69) is 10.0 Å². The minimum atomic E-state index is -4.05. The van der Waals surface area contributed by atoms with E-state index in [4.69, 9.17) is 21.1 Å². The van der Waals surface area contributed by atoms with E-state index < -0.39 is 22.0 Å². The van der Waals surface area contributed by atoms with Crippen LogP contribution in [0.5, 0.6) is 11.5 Å². The second-order valence-corrected chi connectivity index (χ2v) is 9.78. The van der Waals surface area contributed by atoms with Gasteiger partial charge in [0.05, 0.1) is 30.2 Å². The summed E-state index contributed by atoms with van der Waals surface area (Å²) >= 11 is 6.12. The number of hydrogen-bond acceptors (Lipinski definition) is 5. The first-order valence-electron chi connectivity index (χ1n) is 10.6. The van der Waals surface area contributed by atoms with E-state index in [9.17, 15) is 13.2 Å². The van der Waals surface area contributed by atoms with E-state index in [1.54, 1.807) is 19.2 Å². The number of ether oxygens (including phenoxy) is 2. The van der Waals surface area contributed by atoms with Gasteiger partial charge in [0.25, 0.3) is 0 Å². The molecule has 0 fully saturated rings. The molecule has 0 saturated carbocycles. The van der Waals surface area contributed by atoms with Crippen LogP contribution in [0.15, 0.2) is 77.7 Å². The Kier molecular flexibility index (Phi) is 8.55. The number of hydrogen-bond donors (Lipinski definition) is 2. The van der Waals surface area contributed by atoms with E-state index in [0.717, 1.165) is 11.1 Å². The second-order valence-electron chi connectivity index (χ2n) is 7.66. The summed E-state index contributed by atoms with van der Waals surface area (Å²) in [6.45, 7) is 1.83. The van der Waals surface area contributed by atoms with E-state index in [0.29, 0.717) is 11.5 Å². The van der Waals surface area contributed by atoms with Crippen molar-refractivity contribution in [1.82, 2.24) is 10.0 Å². The molecule has 2 N–H and O–H groups in total. The molecule has 1 amide bonds. The van der Waals surface area contributed by atoms with Gasteiger partial charge in [-0.05, 0) is 54.8 Å². The van der Waals surface area contributed by atoms with Crippen molar-refractivity contribution in [3.05, 3.63) is 88.9 Å². The molecule has 9 heteroatoms. The molecule has 3 aromatic rings. The minimum Gasteiger partial charge on any atom is -0.497 e. The summed E-state index contributed by atoms with van der Waals surface area (Å²) < 4.78 is 39.0. The third-order valence-corrected chi connectivity index (χ3v) is 7.07. The summed E-state index contributed by atoms with van der Waals surface area (Å²) in [5.41, 5.74) is 1.67. The van der Waals surface area contributed by atoms with Crippen molar-refractivity contribution in [2.75, 3.05) is 14.2 Å². The van der Waals surface area contributed by atoms with Gasteiger partial charge in [-0.3, -0.25) is 4.79 Å². The van der Waals surface area contributed by atoms with Gasteiger partial charge in [-0.2, -0.15) is 4.72 Å². The Morgan fingerprint density at radius 1 is 0.971 bits per heavy atom. The molecule has 34 heavy (non-hydrogen) atoms. The molecule has 0 heterocycles. The molecule has 2 atom stereocenters. The lowest BCUT2D eigenvalue weighted by Gasteiger charge is -2.22. The average Bonchev–Trinajstić information content (AvgIpc) is 2.84. The fraction of sp³-hybridized carbons (Fsp3) is 0.240. The number of carbonyl (C=O) groups is 1. The van der Waals surface area contributed by atoms with Crippen molar-refractivity contribution >= 4 is 27.5 Å². The first-order chi connectivity index (χ1) is 16.2. The summed E-state index contributed by atoms with van der Waals surface area (Å²) in [5, 5.41) is 3.06. The Morgan fingerprint density at radius 3 is 2.24 bits per heavy atom. The highest BCUT2D eigenvalue weighted by Gasteiger charge is 2.27. The molecule has 7 nitrogen and oxygen atoms in total. The highest BCUT2D eigenvalue weighted by molar-refractivity contribution is 7.89. The zero-order valence-electron chi connectivity index (χ0n) is 19.1. The van der Waals surface area contributed by atoms with Crippen LogP contribution in [0.25, 0.3) is 0 Å². The Balaban J connectivity index is 1.83. The van der Waals surface area contributed by atoms with Crippen molar-refractivity contribution in [2.45, 2.75) is 30.3 Å². The van der Waals surface area contributed by atoms with Crippen LogP contribution in [-0.4, -0.2) is 34.6 Å². The van der Waals surface area contributed by atoms with Gasteiger partial charge in [-0.25, -0.2) is 8.42 Å². The standard InChI is InChI=1S/C25H27ClN2O5S/c1-17(19-9-11-20(32-2)12-10-19)27-25(29)23(15-18-7-5-4-6-8-18)28-34(30,31)21-13-14-24(33-3)22(26)16-21/h4-14,16-17,23,28H,15H2,1-3H3,(H,27,29). The first kappa shape index (κ1) is 25.6. The number of carbonyl (C=O) groups excluding carboxylic acids is 1. The Morgan fingerprint density at radius 2 is 1.65 bits per heavy atom. The Bertz CT molecular complexity index is 1220. The fourth-order valence-electron chi connectivity index (χ4n) is 3.40. The third-order valence-electron chi connectivity index (χ3n) is 5.30. The summed E-state index contributed by atoms with van der Waals surface area (Å²) in [4.78, 5) is 13.2. The van der Waals surface area contributed by atoms with Crippen LogP contribution in [-0.2, 0) is 21.2 Å². The number of rotatable bonds is 10. The van der Waals surface area contributed by atoms with Gasteiger partial charge in [0, 0.05) is 0 Å². The SMILES string of the molecule is COc1ccc(C(C)NC(=O)C(Cc2ccccc2)NS(=O)(=O)c2ccc(OC)c(Cl)c2)cc1. The van der Waals surface area contributed by atoms with Gasteiger partial charge in [-0.1, -0.05) is 54.1 Å². The highest BCUT2D eigenvalue weighted by Crippen LogP contribution is 2.27. The molecule has 180 valence electrons. The summed E-state index contributed by atoms with van der Waals surface area (Å²) in [7, 11) is -1.03. The zero-order valence-corrected chi connectivity index (χ0v) is 20.7. The number of amides is 1. The number of sulfonamides is 1. The fourth-order valence-corrected chi connectivity index (χ4v) is 4.94. The monoisotopic (exact) mass is 502 g/mol. The predicted octanol–water partition coefficient (Wildman–Crippen LogP) is 4.12. The molecule has 3 rings (SSSR count). The molecule has 0 radical (unpaired) electrons. The van der Waals surface area contributed by atoms with Gasteiger partial charge >= 0.3 is 0 Å². The average molecular weight is 503 g/mol. The van der Waals surface area contributed by atoms with Crippen LogP contribution in [0.1, 0.15) is 24.1 Å². The summed E-state index contributed by atoms with van der Waals surface area (Å²) in [5.74, 6) is 0.609. The molecule has 0 aliphatic carbocycles. The Hall–Kier alpha value is -3.07. The topological polar surface area (TPSA) is 93.7 Å². The van der Waals surface area contributed by atoms with Gasteiger partial charge in [-0.15, -0.1) is 0 Å². The van der Waals surface area contributed by atoms with Crippen LogP contribution < -0.4 is 19.5 Å². The molecule has 0 aliphatic rings. The lowest BCUT2D eigenvalue weighted by Crippen LogP contribution is -2.48. The lowest BCUT2D eigenvalue weighted by molar-refractivity contribution is -0.123. The van der Waals surface area contributed by atoms with E-state index in [-0.39, 0.29) is 22.4 Å².